The van der Waals surface area contributed by atoms with Crippen molar-refractivity contribution in [1.29, 1.82) is 0 Å². The zero-order valence-corrected chi connectivity index (χ0v) is 7.80. The Kier molecular flexibility index (Phi) is 1.72. The van der Waals surface area contributed by atoms with E-state index in [1.807, 2.05) is 0 Å². The second kappa shape index (κ2) is 2.64. The molecule has 2 saturated carbocycles. The van der Waals surface area contributed by atoms with Gasteiger partial charge in [0.05, 0.1) is 10.7 Å². The van der Waals surface area contributed by atoms with Crippen molar-refractivity contribution in [1.82, 2.24) is 10.7 Å². The van der Waals surface area contributed by atoms with Crippen LogP contribution in [0.3, 0.4) is 0 Å². The fourth-order valence-electron chi connectivity index (χ4n) is 3.48. The summed E-state index contributed by atoms with van der Waals surface area (Å²) in [6, 6.07) is 0. The molecule has 4 fully saturated rings. The van der Waals surface area contributed by atoms with Crippen LogP contribution in [0.15, 0.2) is 0 Å². The van der Waals surface area contributed by atoms with Crippen LogP contribution in [0.5, 0.6) is 0 Å². The molecular weight excluding hydrogens is 216 g/mol. The van der Waals surface area contributed by atoms with Crippen LogP contribution in [0.1, 0.15) is 25.7 Å². The Morgan fingerprint density at radius 1 is 0.800 bits per heavy atom. The van der Waals surface area contributed by atoms with Crippen molar-refractivity contribution in [2.45, 2.75) is 37.1 Å². The van der Waals surface area contributed by atoms with Crippen molar-refractivity contribution < 1.29 is 22.7 Å². The molecule has 0 aromatic rings. The highest BCUT2D eigenvalue weighted by molar-refractivity contribution is 5.08. The first-order chi connectivity index (χ1) is 6.97. The molecule has 7 heteroatoms. The fourth-order valence-corrected chi connectivity index (χ4v) is 3.48. The molecule has 0 atom stereocenters. The first-order valence-corrected chi connectivity index (χ1v) is 4.91. The van der Waals surface area contributed by atoms with Gasteiger partial charge in [-0.15, -0.1) is 0 Å². The minimum absolute atomic E-state index is 0.0539. The van der Waals surface area contributed by atoms with Gasteiger partial charge in [-0.05, 0) is 37.5 Å². The van der Waals surface area contributed by atoms with Gasteiger partial charge in [-0.3, -0.25) is 0 Å². The maximum Gasteiger partial charge on any atom is 0.184 e. The van der Waals surface area contributed by atoms with E-state index in [0.29, 0.717) is 0 Å². The Labute approximate surface area is 83.3 Å². The van der Waals surface area contributed by atoms with Crippen molar-refractivity contribution in [3.05, 3.63) is 0 Å². The number of halogens is 4. The van der Waals surface area contributed by atoms with Gasteiger partial charge in [0.2, 0.25) is 0 Å². The molecule has 4 rings (SSSR count). The second-order valence-electron chi connectivity index (χ2n) is 4.80. The molecule has 15 heavy (non-hydrogen) atoms. The van der Waals surface area contributed by atoms with Crippen molar-refractivity contribution in [3.63, 3.8) is 0 Å². The van der Waals surface area contributed by atoms with Gasteiger partial charge in [-0.1, -0.05) is 17.9 Å². The van der Waals surface area contributed by atoms with Gasteiger partial charge >= 0.3 is 0 Å². The largest absolute Gasteiger partial charge is 0.329 e. The quantitative estimate of drug-likeness (QED) is 0.531. The Hall–Kier alpha value is -0.400. The lowest BCUT2D eigenvalue weighted by Gasteiger charge is -2.44. The minimum atomic E-state index is -1.76. The molecule has 2 saturated heterocycles. The second-order valence-corrected chi connectivity index (χ2v) is 4.80. The van der Waals surface area contributed by atoms with Crippen LogP contribution in [0.4, 0.5) is 17.9 Å². The molecule has 86 valence electrons. The summed E-state index contributed by atoms with van der Waals surface area (Å²) in [6.07, 6.45) is 0.668. The number of hydrogen-bond donors (Lipinski definition) is 0. The van der Waals surface area contributed by atoms with Gasteiger partial charge in [0.1, 0.15) is 0 Å². The summed E-state index contributed by atoms with van der Waals surface area (Å²) < 4.78 is 55.7. The molecular formula is C8H10F4N2O. The Bertz CT molecular complexity index is 258. The molecule has 0 N–H and O–H groups in total. The van der Waals surface area contributed by atoms with E-state index in [1.54, 1.807) is 0 Å². The zero-order chi connectivity index (χ0) is 10.8. The van der Waals surface area contributed by atoms with E-state index in [4.69, 9.17) is 4.74 Å². The third-order valence-electron chi connectivity index (χ3n) is 3.99. The van der Waals surface area contributed by atoms with Gasteiger partial charge in [0.25, 0.3) is 0 Å². The standard InChI is InChI=1S/C8H10F4N2O/c9-13(10)7-1-5-2-8(15-7,14(11)12)4-6(5)3-7/h5-6H,1-4H2. The predicted molar refractivity (Wildman–Crippen MR) is 40.1 cm³/mol. The van der Waals surface area contributed by atoms with E-state index in [1.165, 1.54) is 0 Å². The lowest BCUT2D eigenvalue weighted by molar-refractivity contribution is -0.433. The monoisotopic (exact) mass is 226 g/mol. The molecule has 2 heterocycles. The maximum absolute atomic E-state index is 12.7. The summed E-state index contributed by atoms with van der Waals surface area (Å²) in [7, 11) is 0. The molecule has 0 aromatic heterocycles. The van der Waals surface area contributed by atoms with E-state index < -0.39 is 22.1 Å². The molecule has 0 aromatic carbocycles. The minimum Gasteiger partial charge on any atom is -0.329 e. The normalized spacial score (nSPS) is 52.4. The number of ether oxygens (including phenoxy) is 1. The molecule has 0 spiro atoms. The smallest absolute Gasteiger partial charge is 0.184 e. The van der Waals surface area contributed by atoms with Gasteiger partial charge in [-0.2, -0.15) is 0 Å². The third-order valence-corrected chi connectivity index (χ3v) is 3.99. The average Bonchev–Trinajstić information content (AvgIpc) is 2.53. The van der Waals surface area contributed by atoms with Crippen LogP contribution in [0.25, 0.3) is 0 Å². The van der Waals surface area contributed by atoms with Crippen molar-refractivity contribution in [2.24, 2.45) is 11.8 Å². The highest BCUT2D eigenvalue weighted by atomic mass is 19.4. The van der Waals surface area contributed by atoms with Crippen LogP contribution >= 0.6 is 0 Å². The van der Waals surface area contributed by atoms with Crippen LogP contribution in [-0.2, 0) is 4.74 Å². The lowest BCUT2D eigenvalue weighted by Crippen LogP contribution is -2.57. The van der Waals surface area contributed by atoms with Crippen LogP contribution in [0.2, 0.25) is 0 Å². The summed E-state index contributed by atoms with van der Waals surface area (Å²) in [5.41, 5.74) is -3.52. The first-order valence-electron chi connectivity index (χ1n) is 4.91. The maximum atomic E-state index is 12.7. The number of rotatable bonds is 2. The van der Waals surface area contributed by atoms with Crippen molar-refractivity contribution in [2.75, 3.05) is 0 Å². The first kappa shape index (κ1) is 9.80. The predicted octanol–water partition coefficient (Wildman–Crippen LogP) is 2.37. The van der Waals surface area contributed by atoms with Gasteiger partial charge < -0.3 is 4.74 Å². The highest BCUT2D eigenvalue weighted by Gasteiger charge is 2.69. The third kappa shape index (κ3) is 1.06. The molecule has 2 aliphatic carbocycles. The Morgan fingerprint density at radius 2 is 1.13 bits per heavy atom. The molecule has 3 nitrogen and oxygen atoms in total. The Balaban J connectivity index is 1.95. The van der Waals surface area contributed by atoms with Gasteiger partial charge in [0.15, 0.2) is 11.4 Å². The Morgan fingerprint density at radius 3 is 1.40 bits per heavy atom. The summed E-state index contributed by atoms with van der Waals surface area (Å²) in [5, 5.41) is -2.06. The van der Waals surface area contributed by atoms with Crippen LogP contribution in [0, 0.1) is 11.8 Å². The van der Waals surface area contributed by atoms with Crippen molar-refractivity contribution in [3.8, 4) is 0 Å². The molecule has 0 radical (unpaired) electrons. The fraction of sp³-hybridized carbons (Fsp3) is 1.00. The molecule has 4 aliphatic rings. The van der Waals surface area contributed by atoms with Gasteiger partial charge in [-0.25, -0.2) is 0 Å². The molecule has 4 bridgehead atoms. The summed E-state index contributed by atoms with van der Waals surface area (Å²) in [5.74, 6) is -0.108. The highest BCUT2D eigenvalue weighted by Crippen LogP contribution is 2.63. The zero-order valence-electron chi connectivity index (χ0n) is 7.80. The van der Waals surface area contributed by atoms with Gasteiger partial charge in [0, 0.05) is 0 Å². The van der Waals surface area contributed by atoms with E-state index in [2.05, 4.69) is 0 Å². The van der Waals surface area contributed by atoms with E-state index in [-0.39, 0.29) is 37.5 Å². The molecule has 0 amide bonds. The van der Waals surface area contributed by atoms with E-state index >= 15 is 0 Å². The number of nitrogens with zero attached hydrogens (tertiary/aromatic N) is 2. The molecule has 2 aliphatic heterocycles. The summed E-state index contributed by atoms with van der Waals surface area (Å²) in [6.45, 7) is 0. The molecule has 0 unspecified atom stereocenters. The van der Waals surface area contributed by atoms with Crippen LogP contribution < -0.4 is 0 Å². The van der Waals surface area contributed by atoms with E-state index in [9.17, 15) is 17.9 Å². The number of hydrogen-bond acceptors (Lipinski definition) is 3. The van der Waals surface area contributed by atoms with Crippen LogP contribution in [-0.4, -0.2) is 22.1 Å². The summed E-state index contributed by atoms with van der Waals surface area (Å²) >= 11 is 0. The summed E-state index contributed by atoms with van der Waals surface area (Å²) in [4.78, 5) is 0. The van der Waals surface area contributed by atoms with E-state index in [0.717, 1.165) is 0 Å². The SMILES string of the molecule is FN(F)C12CC3CC(N(F)F)(CC3C1)O2. The average molecular weight is 226 g/mol. The topological polar surface area (TPSA) is 15.7 Å². The lowest BCUT2D eigenvalue weighted by atomic mass is 9.97. The van der Waals surface area contributed by atoms with Crippen molar-refractivity contribution >= 4 is 0 Å².